The minimum Gasteiger partial charge on any atom is -1.00 e. The second-order valence-corrected chi connectivity index (χ2v) is 9.82. The monoisotopic (exact) mass is 456 g/mol. The van der Waals surface area contributed by atoms with Crippen molar-refractivity contribution in [3.8, 4) is 11.5 Å². The van der Waals surface area contributed by atoms with Crippen LogP contribution in [0.25, 0.3) is 11.5 Å². The van der Waals surface area contributed by atoms with Crippen LogP contribution in [-0.4, -0.2) is 35.8 Å². The van der Waals surface area contributed by atoms with Crippen LogP contribution in [0.1, 0.15) is 71.1 Å². The van der Waals surface area contributed by atoms with Gasteiger partial charge in [0.2, 0.25) is 0 Å². The van der Waals surface area contributed by atoms with Crippen LogP contribution < -0.4 is 17.0 Å². The van der Waals surface area contributed by atoms with Crippen molar-refractivity contribution in [3.05, 3.63) is 36.8 Å². The van der Waals surface area contributed by atoms with Crippen LogP contribution in [0.4, 0.5) is 0 Å². The normalized spacial score (nSPS) is 11.6. The van der Waals surface area contributed by atoms with E-state index in [4.69, 9.17) is 0 Å². The highest BCUT2D eigenvalue weighted by molar-refractivity contribution is 7.87. The standard InChI is InChI=1S/C22H37N4O2S.ClH/c1-4-5-6-7-8-9-10-11-12-15-18-25-19-20-26(29(27,28)24(2)3)22(25)21-16-13-14-17-23-21;/h13-14,16-17,19-20H,4-12,15,18H2,1-3H3;1H/q+1;/p-1. The third-order valence-corrected chi connectivity index (χ3v) is 6.93. The number of pyridine rings is 1. The topological polar surface area (TPSA) is 59.1 Å². The molecule has 170 valence electrons. The SMILES string of the molecule is CCCCCCCCCCCC[n+]1ccn(S(=O)(=O)N(C)C)c1-c1ccccn1.[Cl-]. The molecule has 6 nitrogen and oxygen atoms in total. The van der Waals surface area contributed by atoms with Crippen LogP contribution in [0.3, 0.4) is 0 Å². The average Bonchev–Trinajstić information content (AvgIpc) is 3.14. The summed E-state index contributed by atoms with van der Waals surface area (Å²) in [5.41, 5.74) is 0.662. The number of hydrogen-bond donors (Lipinski definition) is 0. The molecule has 0 bridgehead atoms. The van der Waals surface area contributed by atoms with Gasteiger partial charge in [-0.05, 0) is 25.0 Å². The molecule has 0 amide bonds. The van der Waals surface area contributed by atoms with Gasteiger partial charge < -0.3 is 12.4 Å². The number of nitrogens with zero attached hydrogens (tertiary/aromatic N) is 4. The van der Waals surface area contributed by atoms with E-state index in [0.29, 0.717) is 11.5 Å². The molecule has 0 fully saturated rings. The number of halogens is 1. The minimum atomic E-state index is -3.60. The second-order valence-electron chi connectivity index (χ2n) is 7.80. The second kappa shape index (κ2) is 13.8. The highest BCUT2D eigenvalue weighted by Gasteiger charge is 2.31. The molecule has 0 saturated heterocycles. The molecule has 0 unspecified atom stereocenters. The molecule has 2 aromatic rings. The molecule has 0 aliphatic rings. The van der Waals surface area contributed by atoms with Gasteiger partial charge in [0.15, 0.2) is 5.69 Å². The summed E-state index contributed by atoms with van der Waals surface area (Å²) in [6.45, 7) is 3.04. The zero-order valence-electron chi connectivity index (χ0n) is 18.6. The van der Waals surface area contributed by atoms with Crippen LogP contribution in [0.2, 0.25) is 0 Å². The van der Waals surface area contributed by atoms with Gasteiger partial charge in [0, 0.05) is 20.3 Å². The van der Waals surface area contributed by atoms with E-state index in [0.717, 1.165) is 19.4 Å². The molecule has 0 saturated carbocycles. The van der Waals surface area contributed by atoms with Gasteiger partial charge in [0.1, 0.15) is 12.4 Å². The molecule has 2 aromatic heterocycles. The molecule has 0 N–H and O–H groups in total. The van der Waals surface area contributed by atoms with Crippen LogP contribution >= 0.6 is 0 Å². The van der Waals surface area contributed by atoms with Gasteiger partial charge >= 0.3 is 16.0 Å². The zero-order chi connectivity index (χ0) is 21.1. The van der Waals surface area contributed by atoms with E-state index in [9.17, 15) is 8.42 Å². The van der Waals surface area contributed by atoms with E-state index in [-0.39, 0.29) is 12.4 Å². The molecule has 2 rings (SSSR count). The van der Waals surface area contributed by atoms with Crippen molar-refractivity contribution >= 4 is 10.2 Å². The van der Waals surface area contributed by atoms with Gasteiger partial charge in [-0.2, -0.15) is 12.7 Å². The third kappa shape index (κ3) is 7.67. The number of aromatic nitrogens is 3. The van der Waals surface area contributed by atoms with E-state index in [1.54, 1.807) is 26.5 Å². The summed E-state index contributed by atoms with van der Waals surface area (Å²) in [5, 5.41) is 0. The lowest BCUT2D eigenvalue weighted by molar-refractivity contribution is -0.685. The van der Waals surface area contributed by atoms with Crippen molar-refractivity contribution in [2.24, 2.45) is 0 Å². The maximum Gasteiger partial charge on any atom is 0.379 e. The Hall–Kier alpha value is -1.44. The van der Waals surface area contributed by atoms with E-state index in [1.165, 1.54) is 59.6 Å². The van der Waals surface area contributed by atoms with Gasteiger partial charge in [-0.15, -0.1) is 3.97 Å². The molecule has 0 radical (unpaired) electrons. The molecular formula is C22H37ClN4O2S. The first-order valence-corrected chi connectivity index (χ1v) is 12.3. The van der Waals surface area contributed by atoms with E-state index in [1.807, 2.05) is 29.0 Å². The fourth-order valence-electron chi connectivity index (χ4n) is 3.48. The van der Waals surface area contributed by atoms with Gasteiger partial charge in [-0.25, -0.2) is 9.55 Å². The van der Waals surface area contributed by atoms with Crippen LogP contribution in [0.5, 0.6) is 0 Å². The summed E-state index contributed by atoms with van der Waals surface area (Å²) in [4.78, 5) is 4.39. The Kier molecular flexibility index (Phi) is 12.2. The van der Waals surface area contributed by atoms with Gasteiger partial charge in [0.05, 0.1) is 6.54 Å². The highest BCUT2D eigenvalue weighted by atomic mass is 35.5. The van der Waals surface area contributed by atoms with Gasteiger partial charge in [-0.1, -0.05) is 64.4 Å². The van der Waals surface area contributed by atoms with E-state index < -0.39 is 10.2 Å². The van der Waals surface area contributed by atoms with E-state index >= 15 is 0 Å². The molecule has 0 aliphatic heterocycles. The Morgan fingerprint density at radius 1 is 0.967 bits per heavy atom. The summed E-state index contributed by atoms with van der Waals surface area (Å²) in [6.07, 6.45) is 18.0. The summed E-state index contributed by atoms with van der Waals surface area (Å²) < 4.78 is 30.0. The maximum atomic E-state index is 12.7. The van der Waals surface area contributed by atoms with Crippen molar-refractivity contribution in [1.29, 1.82) is 0 Å². The van der Waals surface area contributed by atoms with Gasteiger partial charge in [-0.3, -0.25) is 0 Å². The third-order valence-electron chi connectivity index (χ3n) is 5.22. The van der Waals surface area contributed by atoms with E-state index in [2.05, 4.69) is 11.9 Å². The minimum absolute atomic E-state index is 0. The van der Waals surface area contributed by atoms with Crippen LogP contribution in [-0.2, 0) is 16.8 Å². The summed E-state index contributed by atoms with van der Waals surface area (Å²) >= 11 is 0. The zero-order valence-corrected chi connectivity index (χ0v) is 20.2. The number of rotatable bonds is 14. The summed E-state index contributed by atoms with van der Waals surface area (Å²) in [5.74, 6) is 0.607. The Morgan fingerprint density at radius 3 is 2.10 bits per heavy atom. The molecule has 0 aromatic carbocycles. The lowest BCUT2D eigenvalue weighted by Gasteiger charge is -2.10. The first-order valence-electron chi connectivity index (χ1n) is 10.9. The van der Waals surface area contributed by atoms with Crippen LogP contribution in [0, 0.1) is 0 Å². The number of imidazole rings is 1. The largest absolute Gasteiger partial charge is 1.00 e. The lowest BCUT2D eigenvalue weighted by Crippen LogP contribution is -3.00. The first kappa shape index (κ1) is 26.6. The highest BCUT2D eigenvalue weighted by Crippen LogP contribution is 2.17. The Bertz CT molecular complexity index is 823. The average molecular weight is 457 g/mol. The molecule has 0 spiro atoms. The fourth-order valence-corrected chi connectivity index (χ4v) is 4.45. The number of hydrogen-bond acceptors (Lipinski definition) is 3. The molecular weight excluding hydrogens is 420 g/mol. The predicted octanol–water partition coefficient (Wildman–Crippen LogP) is 1.42. The molecule has 30 heavy (non-hydrogen) atoms. The van der Waals surface area contributed by atoms with Crippen molar-refractivity contribution in [1.82, 2.24) is 13.3 Å². The van der Waals surface area contributed by atoms with Crippen molar-refractivity contribution in [3.63, 3.8) is 0 Å². The molecule has 0 atom stereocenters. The quantitative estimate of drug-likeness (QED) is 0.319. The van der Waals surface area contributed by atoms with Crippen molar-refractivity contribution in [2.45, 2.75) is 77.7 Å². The predicted molar refractivity (Wildman–Crippen MR) is 118 cm³/mol. The Labute approximate surface area is 188 Å². The smallest absolute Gasteiger partial charge is 0.379 e. The Morgan fingerprint density at radius 2 is 1.57 bits per heavy atom. The number of aryl methyl sites for hydroxylation is 1. The van der Waals surface area contributed by atoms with Gasteiger partial charge in [0.25, 0.3) is 0 Å². The lowest BCUT2D eigenvalue weighted by atomic mass is 10.1. The molecule has 8 heteroatoms. The number of unbranched alkanes of at least 4 members (excludes halogenated alkanes) is 9. The van der Waals surface area contributed by atoms with Crippen molar-refractivity contribution < 1.29 is 25.4 Å². The Balaban J connectivity index is 0.00000450. The summed E-state index contributed by atoms with van der Waals surface area (Å²) in [6, 6.07) is 5.57. The maximum absolute atomic E-state index is 12.7. The molecule has 2 heterocycles. The first-order chi connectivity index (χ1) is 14.0. The molecule has 0 aliphatic carbocycles. The summed E-state index contributed by atoms with van der Waals surface area (Å²) in [7, 11) is -0.507. The van der Waals surface area contributed by atoms with Crippen LogP contribution in [0.15, 0.2) is 36.8 Å². The fraction of sp³-hybridized carbons (Fsp3) is 0.636. The van der Waals surface area contributed by atoms with Crippen molar-refractivity contribution in [2.75, 3.05) is 14.1 Å².